The fourth-order valence-electron chi connectivity index (χ4n) is 4.18. The molecule has 1 saturated carbocycles. The molecule has 1 saturated heterocycles. The number of nitrogens with one attached hydrogen (secondary N) is 1. The fourth-order valence-corrected chi connectivity index (χ4v) is 5.94. The minimum atomic E-state index is -0.0408. The topological polar surface area (TPSA) is 44.7 Å². The van der Waals surface area contributed by atoms with Gasteiger partial charge in [0.05, 0.1) is 6.04 Å². The second kappa shape index (κ2) is 12.2. The highest BCUT2D eigenvalue weighted by Crippen LogP contribution is 2.31. The number of thioether (sulfide) groups is 1. The van der Waals surface area contributed by atoms with Crippen molar-refractivity contribution in [3.8, 4) is 0 Å². The third-order valence-corrected chi connectivity index (χ3v) is 7.31. The number of amidine groups is 1. The molecule has 2 aromatic rings. The van der Waals surface area contributed by atoms with Crippen molar-refractivity contribution >= 4 is 64.1 Å². The van der Waals surface area contributed by atoms with Gasteiger partial charge in [0, 0.05) is 40.5 Å². The van der Waals surface area contributed by atoms with Crippen LogP contribution in [0.3, 0.4) is 0 Å². The van der Waals surface area contributed by atoms with Crippen molar-refractivity contribution in [3.05, 3.63) is 64.1 Å². The van der Waals surface area contributed by atoms with Crippen LogP contribution < -0.4 is 5.32 Å². The van der Waals surface area contributed by atoms with Crippen molar-refractivity contribution in [1.29, 1.82) is 0 Å². The maximum atomic E-state index is 12.8. The number of nitrogens with zero attached hydrogens (tertiary/aromatic N) is 2. The zero-order valence-electron chi connectivity index (χ0n) is 17.8. The molecule has 0 radical (unpaired) electrons. The number of benzene rings is 2. The van der Waals surface area contributed by atoms with Crippen molar-refractivity contribution < 1.29 is 4.79 Å². The molecule has 4 rings (SSSR count). The maximum Gasteiger partial charge on any atom is 0.226 e. The van der Waals surface area contributed by atoms with Crippen molar-refractivity contribution in [1.82, 2.24) is 4.90 Å². The summed E-state index contributed by atoms with van der Waals surface area (Å²) < 4.78 is 0. The average molecular weight is 513 g/mol. The number of carbonyl (C=O) groups is 1. The predicted molar refractivity (Wildman–Crippen MR) is 139 cm³/mol. The van der Waals surface area contributed by atoms with Crippen LogP contribution in [0.2, 0.25) is 10.0 Å². The van der Waals surface area contributed by atoms with Gasteiger partial charge in [0.1, 0.15) is 0 Å². The molecule has 1 amide bonds. The lowest BCUT2D eigenvalue weighted by atomic mass is 9.96. The minimum Gasteiger partial charge on any atom is -0.343 e. The Morgan fingerprint density at radius 3 is 2.44 bits per heavy atom. The monoisotopic (exact) mass is 511 g/mol. The Morgan fingerprint density at radius 2 is 1.75 bits per heavy atom. The molecule has 1 unspecified atom stereocenters. The van der Waals surface area contributed by atoms with Crippen molar-refractivity contribution in [3.63, 3.8) is 0 Å². The van der Waals surface area contributed by atoms with Crippen LogP contribution >= 0.6 is 47.4 Å². The van der Waals surface area contributed by atoms with Crippen LogP contribution in [-0.2, 0) is 11.3 Å². The number of anilines is 1. The van der Waals surface area contributed by atoms with Crippen LogP contribution in [0.4, 0.5) is 5.69 Å². The van der Waals surface area contributed by atoms with Crippen LogP contribution in [0.1, 0.15) is 44.1 Å². The summed E-state index contributed by atoms with van der Waals surface area (Å²) in [5.74, 6) is 0.822. The summed E-state index contributed by atoms with van der Waals surface area (Å²) in [4.78, 5) is 20.2. The molecule has 8 heteroatoms. The van der Waals surface area contributed by atoms with E-state index < -0.39 is 0 Å². The number of aliphatic imine (C=N–C) groups is 1. The molecule has 2 fully saturated rings. The molecule has 1 atom stereocenters. The summed E-state index contributed by atoms with van der Waals surface area (Å²) >= 11 is 13.9. The van der Waals surface area contributed by atoms with E-state index in [0.717, 1.165) is 17.5 Å². The minimum absolute atomic E-state index is 0. The van der Waals surface area contributed by atoms with Crippen LogP contribution in [0.25, 0.3) is 0 Å². The molecule has 0 bridgehead atoms. The normalized spacial score (nSPS) is 20.2. The van der Waals surface area contributed by atoms with Gasteiger partial charge in [-0.2, -0.15) is 0 Å². The summed E-state index contributed by atoms with van der Waals surface area (Å²) in [5.41, 5.74) is 1.85. The largest absolute Gasteiger partial charge is 0.343 e. The summed E-state index contributed by atoms with van der Waals surface area (Å²) in [5, 5.41) is 5.04. The van der Waals surface area contributed by atoms with E-state index in [4.69, 9.17) is 28.2 Å². The molecular formula is C24H28Cl3N3OS. The first-order chi connectivity index (χ1) is 15.1. The van der Waals surface area contributed by atoms with Gasteiger partial charge < -0.3 is 10.2 Å². The Hall–Kier alpha value is -1.40. The highest BCUT2D eigenvalue weighted by Gasteiger charge is 2.32. The standard InChI is InChI=1S/C24H27Cl2N3OS.ClH/c25-18-11-19(26)13-21(12-18)27-23(30)14-22-16-31-24(28-20-9-5-2-6-10-20)29(22)15-17-7-3-1-4-8-17;/h1,3-4,7-8,11-13,20,22H,2,5-6,9-10,14-16H2,(H,27,30);1H. The highest BCUT2D eigenvalue weighted by atomic mass is 35.5. The van der Waals surface area contributed by atoms with E-state index in [1.54, 1.807) is 30.0 Å². The van der Waals surface area contributed by atoms with E-state index in [9.17, 15) is 4.79 Å². The van der Waals surface area contributed by atoms with E-state index in [1.807, 2.05) is 6.07 Å². The predicted octanol–water partition coefficient (Wildman–Crippen LogP) is 7.05. The van der Waals surface area contributed by atoms with E-state index >= 15 is 0 Å². The van der Waals surface area contributed by atoms with E-state index in [-0.39, 0.29) is 24.4 Å². The number of hydrogen-bond acceptors (Lipinski definition) is 3. The summed E-state index contributed by atoms with van der Waals surface area (Å²) in [6, 6.07) is 16.0. The van der Waals surface area contributed by atoms with Crippen molar-refractivity contribution in [2.75, 3.05) is 11.1 Å². The molecule has 1 heterocycles. The lowest BCUT2D eigenvalue weighted by molar-refractivity contribution is -0.116. The molecule has 0 aromatic heterocycles. The quantitative estimate of drug-likeness (QED) is 0.451. The van der Waals surface area contributed by atoms with Gasteiger partial charge in [0.2, 0.25) is 5.91 Å². The first-order valence-corrected chi connectivity index (χ1v) is 12.6. The van der Waals surface area contributed by atoms with E-state index in [0.29, 0.717) is 28.2 Å². The molecule has 1 N–H and O–H groups in total. The van der Waals surface area contributed by atoms with Crippen molar-refractivity contribution in [2.45, 2.75) is 57.2 Å². The van der Waals surface area contributed by atoms with E-state index in [2.05, 4.69) is 34.5 Å². The van der Waals surface area contributed by atoms with Gasteiger partial charge in [-0.05, 0) is 36.6 Å². The summed E-state index contributed by atoms with van der Waals surface area (Å²) in [6.07, 6.45) is 6.58. The molecule has 32 heavy (non-hydrogen) atoms. The lowest BCUT2D eigenvalue weighted by Gasteiger charge is -2.27. The van der Waals surface area contributed by atoms with Gasteiger partial charge in [-0.25, -0.2) is 0 Å². The fraction of sp³-hybridized carbons (Fsp3) is 0.417. The van der Waals surface area contributed by atoms with Gasteiger partial charge >= 0.3 is 0 Å². The Kier molecular flexibility index (Phi) is 9.60. The second-order valence-electron chi connectivity index (χ2n) is 8.19. The second-order valence-corrected chi connectivity index (χ2v) is 10.1. The molecular weight excluding hydrogens is 485 g/mol. The SMILES string of the molecule is Cl.O=C(CC1CSC(=NC2CCCCC2)N1Cc1ccccc1)Nc1cc(Cl)cc(Cl)c1. The van der Waals surface area contributed by atoms with Gasteiger partial charge in [-0.15, -0.1) is 12.4 Å². The van der Waals surface area contributed by atoms with Gasteiger partial charge in [0.25, 0.3) is 0 Å². The lowest BCUT2D eigenvalue weighted by Crippen LogP contribution is -2.37. The molecule has 4 nitrogen and oxygen atoms in total. The Balaban J connectivity index is 0.00000289. The van der Waals surface area contributed by atoms with Gasteiger partial charge in [-0.3, -0.25) is 9.79 Å². The third-order valence-electron chi connectivity index (χ3n) is 5.72. The van der Waals surface area contributed by atoms with Crippen LogP contribution in [0.15, 0.2) is 53.5 Å². The zero-order chi connectivity index (χ0) is 21.6. The number of halogens is 3. The molecule has 172 valence electrons. The Labute approximate surface area is 210 Å². The smallest absolute Gasteiger partial charge is 0.226 e. The maximum absolute atomic E-state index is 12.8. The van der Waals surface area contributed by atoms with Crippen LogP contribution in [0, 0.1) is 0 Å². The third kappa shape index (κ3) is 7.05. The number of amides is 1. The van der Waals surface area contributed by atoms with Crippen LogP contribution in [-0.4, -0.2) is 33.8 Å². The van der Waals surface area contributed by atoms with Gasteiger partial charge in [-0.1, -0.05) is 84.6 Å². The molecule has 0 spiro atoms. The average Bonchev–Trinajstić information content (AvgIpc) is 3.09. The first-order valence-electron chi connectivity index (χ1n) is 10.8. The first kappa shape index (κ1) is 25.2. The zero-order valence-corrected chi connectivity index (χ0v) is 21.0. The summed E-state index contributed by atoms with van der Waals surface area (Å²) in [6.45, 7) is 0.764. The number of rotatable bonds is 6. The highest BCUT2D eigenvalue weighted by molar-refractivity contribution is 8.14. The summed E-state index contributed by atoms with van der Waals surface area (Å²) in [7, 11) is 0. The molecule has 1 aliphatic carbocycles. The molecule has 2 aromatic carbocycles. The number of hydrogen-bond donors (Lipinski definition) is 1. The van der Waals surface area contributed by atoms with Crippen molar-refractivity contribution in [2.24, 2.45) is 4.99 Å². The number of carbonyl (C=O) groups excluding carboxylic acids is 1. The van der Waals surface area contributed by atoms with Gasteiger partial charge in [0.15, 0.2) is 5.17 Å². The molecule has 2 aliphatic rings. The Morgan fingerprint density at radius 1 is 1.06 bits per heavy atom. The molecule has 1 aliphatic heterocycles. The van der Waals surface area contributed by atoms with Crippen LogP contribution in [0.5, 0.6) is 0 Å². The Bertz CT molecular complexity index is 915. The van der Waals surface area contributed by atoms with E-state index in [1.165, 1.54) is 37.7 Å².